The number of rotatable bonds is 7. The highest BCUT2D eigenvalue weighted by Crippen LogP contribution is 2.51. The zero-order valence-electron chi connectivity index (χ0n) is 15.5. The zero-order chi connectivity index (χ0) is 20.5. The van der Waals surface area contributed by atoms with Crippen LogP contribution >= 0.6 is 0 Å². The molecule has 150 valence electrons. The number of alkyl halides is 3. The van der Waals surface area contributed by atoms with Crippen molar-refractivity contribution in [2.75, 3.05) is 6.61 Å². The minimum absolute atomic E-state index is 0.151. The Morgan fingerprint density at radius 1 is 1.26 bits per heavy atom. The van der Waals surface area contributed by atoms with Gasteiger partial charge in [-0.05, 0) is 31.0 Å². The van der Waals surface area contributed by atoms with Crippen LogP contribution in [0.15, 0.2) is 24.3 Å². The fourth-order valence-corrected chi connectivity index (χ4v) is 3.41. The Kier molecular flexibility index (Phi) is 5.89. The molecule has 1 aliphatic carbocycles. The van der Waals surface area contributed by atoms with Gasteiger partial charge in [0.2, 0.25) is 0 Å². The van der Waals surface area contributed by atoms with Crippen molar-refractivity contribution in [1.29, 1.82) is 0 Å². The number of carboxylic acids is 1. The first-order valence-electron chi connectivity index (χ1n) is 8.76. The van der Waals surface area contributed by atoms with Gasteiger partial charge in [-0.15, -0.1) is 0 Å². The van der Waals surface area contributed by atoms with Gasteiger partial charge in [-0.2, -0.15) is 13.2 Å². The highest BCUT2D eigenvalue weighted by atomic mass is 19.4. The summed E-state index contributed by atoms with van der Waals surface area (Å²) in [4.78, 5) is 24.4. The summed E-state index contributed by atoms with van der Waals surface area (Å²) >= 11 is 0. The second kappa shape index (κ2) is 7.50. The van der Waals surface area contributed by atoms with E-state index < -0.39 is 35.4 Å². The highest BCUT2D eigenvalue weighted by molar-refractivity contribution is 5.98. The molecule has 0 radical (unpaired) electrons. The predicted octanol–water partition coefficient (Wildman–Crippen LogP) is 3.57. The number of benzene rings is 1. The second-order valence-electron chi connectivity index (χ2n) is 7.35. The largest absolute Gasteiger partial charge is 0.479 e. The maximum Gasteiger partial charge on any atom is 0.389 e. The average Bonchev–Trinajstić information content (AvgIpc) is 2.58. The number of hydrogen-bond donors (Lipinski definition) is 2. The van der Waals surface area contributed by atoms with E-state index in [9.17, 15) is 27.9 Å². The molecule has 8 heteroatoms. The molecular weight excluding hydrogens is 363 g/mol. The number of nitrogens with one attached hydrogen (secondary N) is 1. The number of amides is 1. The van der Waals surface area contributed by atoms with Crippen LogP contribution in [0.25, 0.3) is 0 Å². The molecular formula is C19H24F3NO4. The van der Waals surface area contributed by atoms with Crippen molar-refractivity contribution in [2.45, 2.75) is 57.9 Å². The van der Waals surface area contributed by atoms with E-state index in [0.717, 1.165) is 0 Å². The number of halogens is 3. The molecule has 2 N–H and O–H groups in total. The molecule has 5 nitrogen and oxygen atoms in total. The van der Waals surface area contributed by atoms with Crippen molar-refractivity contribution in [2.24, 2.45) is 5.41 Å². The van der Waals surface area contributed by atoms with Crippen LogP contribution < -0.4 is 5.32 Å². The topological polar surface area (TPSA) is 75.6 Å². The van der Waals surface area contributed by atoms with Crippen molar-refractivity contribution in [3.05, 3.63) is 35.4 Å². The molecule has 1 amide bonds. The first-order valence-corrected chi connectivity index (χ1v) is 8.76. The Bertz CT molecular complexity index is 700. The number of aryl methyl sites for hydroxylation is 1. The number of carboxylic acid groups (broad SMARTS) is 1. The van der Waals surface area contributed by atoms with Gasteiger partial charge in [-0.3, -0.25) is 4.79 Å². The maximum atomic E-state index is 12.5. The molecule has 27 heavy (non-hydrogen) atoms. The molecule has 0 bridgehead atoms. The molecule has 1 fully saturated rings. The van der Waals surface area contributed by atoms with E-state index in [1.165, 1.54) is 24.3 Å². The standard InChI is InChI=1S/C19H24F3NO4/c1-4-27-14-11-18(16(25)26,17(14,2)3)23-15(24)13-7-5-12(6-8-13)9-10-19(20,21)22/h5-8,14H,4,9-11H2,1-3H3,(H,23,24)(H,25,26). The van der Waals surface area contributed by atoms with Crippen LogP contribution in [0.3, 0.4) is 0 Å². The van der Waals surface area contributed by atoms with Crippen molar-refractivity contribution < 1.29 is 32.6 Å². The fourth-order valence-electron chi connectivity index (χ4n) is 3.41. The second-order valence-corrected chi connectivity index (χ2v) is 7.35. The quantitative estimate of drug-likeness (QED) is 0.750. The van der Waals surface area contributed by atoms with E-state index in [-0.39, 0.29) is 24.5 Å². The molecule has 2 unspecified atom stereocenters. The SMILES string of the molecule is CCOC1CC(NC(=O)c2ccc(CCC(F)(F)F)cc2)(C(=O)O)C1(C)C. The van der Waals surface area contributed by atoms with Gasteiger partial charge in [0.1, 0.15) is 5.54 Å². The van der Waals surface area contributed by atoms with Gasteiger partial charge < -0.3 is 15.2 Å². The molecule has 1 aliphatic rings. The summed E-state index contributed by atoms with van der Waals surface area (Å²) in [5, 5.41) is 12.3. The fraction of sp³-hybridized carbons (Fsp3) is 0.579. The minimum Gasteiger partial charge on any atom is -0.479 e. The normalized spacial score (nSPS) is 24.1. The molecule has 0 saturated heterocycles. The van der Waals surface area contributed by atoms with E-state index in [1.54, 1.807) is 13.8 Å². The van der Waals surface area contributed by atoms with E-state index in [0.29, 0.717) is 12.2 Å². The van der Waals surface area contributed by atoms with Gasteiger partial charge in [0.25, 0.3) is 5.91 Å². The Balaban J connectivity index is 2.10. The lowest BCUT2D eigenvalue weighted by Gasteiger charge is -2.58. The molecule has 1 aromatic carbocycles. The number of hydrogen-bond acceptors (Lipinski definition) is 3. The molecule has 1 aromatic rings. The van der Waals surface area contributed by atoms with Crippen molar-refractivity contribution in [1.82, 2.24) is 5.32 Å². The number of carbonyl (C=O) groups excluding carboxylic acids is 1. The summed E-state index contributed by atoms with van der Waals surface area (Å²) < 4.78 is 42.4. The monoisotopic (exact) mass is 387 g/mol. The first-order chi connectivity index (χ1) is 12.4. The summed E-state index contributed by atoms with van der Waals surface area (Å²) in [5.41, 5.74) is -1.62. The third-order valence-electron chi connectivity index (χ3n) is 5.37. The van der Waals surface area contributed by atoms with Crippen LogP contribution in [0, 0.1) is 5.41 Å². The average molecular weight is 387 g/mol. The molecule has 0 aromatic heterocycles. The summed E-state index contributed by atoms with van der Waals surface area (Å²) in [5.74, 6) is -1.72. The van der Waals surface area contributed by atoms with Gasteiger partial charge in [0.15, 0.2) is 0 Å². The summed E-state index contributed by atoms with van der Waals surface area (Å²) in [7, 11) is 0. The Morgan fingerprint density at radius 3 is 2.30 bits per heavy atom. The molecule has 0 heterocycles. The lowest BCUT2D eigenvalue weighted by molar-refractivity contribution is -0.190. The van der Waals surface area contributed by atoms with Crippen LogP contribution in [-0.2, 0) is 16.0 Å². The van der Waals surface area contributed by atoms with Crippen molar-refractivity contribution >= 4 is 11.9 Å². The zero-order valence-corrected chi connectivity index (χ0v) is 15.5. The first kappa shape index (κ1) is 21.2. The highest BCUT2D eigenvalue weighted by Gasteiger charge is 2.66. The van der Waals surface area contributed by atoms with E-state index in [1.807, 2.05) is 6.92 Å². The van der Waals surface area contributed by atoms with Gasteiger partial charge in [-0.25, -0.2) is 4.79 Å². The molecule has 0 aliphatic heterocycles. The predicted molar refractivity (Wildman–Crippen MR) is 92.5 cm³/mol. The van der Waals surface area contributed by atoms with Gasteiger partial charge in [0.05, 0.1) is 6.10 Å². The maximum absolute atomic E-state index is 12.5. The number of carbonyl (C=O) groups is 2. The number of aliphatic carboxylic acids is 1. The lowest BCUT2D eigenvalue weighted by Crippen LogP contribution is -2.76. The summed E-state index contributed by atoms with van der Waals surface area (Å²) in [6, 6.07) is 5.70. The third-order valence-corrected chi connectivity index (χ3v) is 5.37. The number of ether oxygens (including phenoxy) is 1. The van der Waals surface area contributed by atoms with Crippen LogP contribution in [0.5, 0.6) is 0 Å². The van der Waals surface area contributed by atoms with Crippen molar-refractivity contribution in [3.63, 3.8) is 0 Å². The van der Waals surface area contributed by atoms with Crippen LogP contribution in [0.1, 0.15) is 49.5 Å². The van der Waals surface area contributed by atoms with Gasteiger partial charge >= 0.3 is 12.1 Å². The van der Waals surface area contributed by atoms with Crippen LogP contribution in [0.2, 0.25) is 0 Å². The molecule has 0 spiro atoms. The van der Waals surface area contributed by atoms with Crippen molar-refractivity contribution in [3.8, 4) is 0 Å². The smallest absolute Gasteiger partial charge is 0.389 e. The Morgan fingerprint density at radius 2 is 1.85 bits per heavy atom. The Hall–Kier alpha value is -2.09. The molecule has 2 rings (SSSR count). The summed E-state index contributed by atoms with van der Waals surface area (Å²) in [6.07, 6.45) is -5.49. The molecule has 1 saturated carbocycles. The third kappa shape index (κ3) is 4.26. The van der Waals surface area contributed by atoms with Crippen LogP contribution in [0.4, 0.5) is 13.2 Å². The van der Waals surface area contributed by atoms with E-state index >= 15 is 0 Å². The van der Waals surface area contributed by atoms with Gasteiger partial charge in [-0.1, -0.05) is 26.0 Å². The van der Waals surface area contributed by atoms with Crippen LogP contribution in [-0.4, -0.2) is 41.4 Å². The van der Waals surface area contributed by atoms with E-state index in [4.69, 9.17) is 4.74 Å². The van der Waals surface area contributed by atoms with Gasteiger partial charge in [0, 0.05) is 30.4 Å². The summed E-state index contributed by atoms with van der Waals surface area (Å²) in [6.45, 7) is 5.71. The lowest BCUT2D eigenvalue weighted by atomic mass is 9.54. The molecule has 2 atom stereocenters. The minimum atomic E-state index is -4.24. The Labute approximate surface area is 155 Å². The van der Waals surface area contributed by atoms with E-state index in [2.05, 4.69) is 5.32 Å².